The first-order valence-corrected chi connectivity index (χ1v) is 6.85. The van der Waals surface area contributed by atoms with Gasteiger partial charge in [-0.15, -0.1) is 0 Å². The number of benzene rings is 2. The second-order valence-corrected chi connectivity index (χ2v) is 4.76. The molecule has 5 heteroatoms. The molecule has 0 unspecified atom stereocenters. The molecule has 0 atom stereocenters. The highest BCUT2D eigenvalue weighted by Gasteiger charge is 2.05. The molecule has 0 saturated carbocycles. The number of methoxy groups -OCH3 is 1. The van der Waals surface area contributed by atoms with Crippen molar-refractivity contribution >= 4 is 23.2 Å². The molecule has 2 aromatic rings. The highest BCUT2D eigenvalue weighted by Crippen LogP contribution is 2.17. The number of ether oxygens (including phenoxy) is 2. The van der Waals surface area contributed by atoms with Crippen molar-refractivity contribution in [1.82, 2.24) is 0 Å². The first-order valence-electron chi connectivity index (χ1n) is 6.48. The van der Waals surface area contributed by atoms with Gasteiger partial charge in [-0.25, -0.2) is 0 Å². The van der Waals surface area contributed by atoms with Crippen LogP contribution in [0, 0.1) is 0 Å². The van der Waals surface area contributed by atoms with Gasteiger partial charge in [0.15, 0.2) is 0 Å². The van der Waals surface area contributed by atoms with E-state index in [0.29, 0.717) is 29.5 Å². The third kappa shape index (κ3) is 4.77. The molecule has 0 radical (unpaired) electrons. The van der Waals surface area contributed by atoms with Crippen LogP contribution in [0.3, 0.4) is 0 Å². The zero-order chi connectivity index (χ0) is 15.1. The van der Waals surface area contributed by atoms with E-state index in [-0.39, 0.29) is 5.91 Å². The number of hydrogen-bond acceptors (Lipinski definition) is 3. The van der Waals surface area contributed by atoms with Crippen LogP contribution in [0.1, 0.15) is 10.4 Å². The molecule has 2 aromatic carbocycles. The van der Waals surface area contributed by atoms with E-state index in [2.05, 4.69) is 5.32 Å². The third-order valence-electron chi connectivity index (χ3n) is 2.77. The number of amides is 1. The van der Waals surface area contributed by atoms with Crippen molar-refractivity contribution in [3.8, 4) is 5.75 Å². The van der Waals surface area contributed by atoms with Crippen LogP contribution in [0.4, 0.5) is 5.69 Å². The average molecular weight is 306 g/mol. The van der Waals surface area contributed by atoms with Crippen molar-refractivity contribution < 1.29 is 14.3 Å². The highest BCUT2D eigenvalue weighted by molar-refractivity contribution is 6.30. The molecule has 1 amide bonds. The van der Waals surface area contributed by atoms with Gasteiger partial charge in [-0.05, 0) is 48.5 Å². The van der Waals surface area contributed by atoms with Crippen LogP contribution in [0.25, 0.3) is 0 Å². The highest BCUT2D eigenvalue weighted by atomic mass is 35.5. The van der Waals surface area contributed by atoms with Gasteiger partial charge in [-0.3, -0.25) is 4.79 Å². The molecular weight excluding hydrogens is 290 g/mol. The van der Waals surface area contributed by atoms with Crippen LogP contribution >= 0.6 is 11.6 Å². The maximum atomic E-state index is 12.0. The molecule has 1 N–H and O–H groups in total. The smallest absolute Gasteiger partial charge is 0.255 e. The SMILES string of the molecule is COCCOc1ccc(NC(=O)c2ccc(Cl)cc2)cc1. The molecule has 0 fully saturated rings. The molecule has 0 bridgehead atoms. The van der Waals surface area contributed by atoms with Crippen LogP contribution in [0.2, 0.25) is 5.02 Å². The lowest BCUT2D eigenvalue weighted by atomic mass is 10.2. The number of hydrogen-bond donors (Lipinski definition) is 1. The fraction of sp³-hybridized carbons (Fsp3) is 0.188. The quantitative estimate of drug-likeness (QED) is 0.829. The summed E-state index contributed by atoms with van der Waals surface area (Å²) in [7, 11) is 1.62. The van der Waals surface area contributed by atoms with Crippen LogP contribution in [-0.2, 0) is 4.74 Å². The standard InChI is InChI=1S/C16H16ClNO3/c1-20-10-11-21-15-8-6-14(7-9-15)18-16(19)12-2-4-13(17)5-3-12/h2-9H,10-11H2,1H3,(H,18,19). The Morgan fingerprint density at radius 1 is 1.05 bits per heavy atom. The number of halogens is 1. The van der Waals surface area contributed by atoms with Gasteiger partial charge >= 0.3 is 0 Å². The summed E-state index contributed by atoms with van der Waals surface area (Å²) in [5, 5.41) is 3.41. The number of carbonyl (C=O) groups excluding carboxylic acids is 1. The van der Waals surface area contributed by atoms with Crippen LogP contribution in [0.5, 0.6) is 5.75 Å². The second-order valence-electron chi connectivity index (χ2n) is 4.33. The van der Waals surface area contributed by atoms with E-state index in [1.165, 1.54) is 0 Å². The zero-order valence-electron chi connectivity index (χ0n) is 11.6. The molecule has 0 saturated heterocycles. The first kappa shape index (κ1) is 15.4. The lowest BCUT2D eigenvalue weighted by Gasteiger charge is -2.08. The van der Waals surface area contributed by atoms with E-state index in [0.717, 1.165) is 5.75 Å². The van der Waals surface area contributed by atoms with Gasteiger partial charge in [-0.1, -0.05) is 11.6 Å². The fourth-order valence-electron chi connectivity index (χ4n) is 1.68. The van der Waals surface area contributed by atoms with E-state index in [9.17, 15) is 4.79 Å². The Morgan fingerprint density at radius 3 is 2.33 bits per heavy atom. The van der Waals surface area contributed by atoms with Crippen molar-refractivity contribution in [3.63, 3.8) is 0 Å². The van der Waals surface area contributed by atoms with E-state index in [1.54, 1.807) is 55.6 Å². The Balaban J connectivity index is 1.93. The third-order valence-corrected chi connectivity index (χ3v) is 3.03. The molecule has 0 aromatic heterocycles. The predicted molar refractivity (Wildman–Crippen MR) is 83.2 cm³/mol. The van der Waals surface area contributed by atoms with Crippen LogP contribution in [0.15, 0.2) is 48.5 Å². The summed E-state index contributed by atoms with van der Waals surface area (Å²) >= 11 is 5.79. The molecule has 21 heavy (non-hydrogen) atoms. The van der Waals surface area contributed by atoms with Crippen molar-refractivity contribution in [1.29, 1.82) is 0 Å². The van der Waals surface area contributed by atoms with Gasteiger partial charge in [0, 0.05) is 23.4 Å². The summed E-state index contributed by atoms with van der Waals surface area (Å²) in [5.74, 6) is 0.552. The summed E-state index contributed by atoms with van der Waals surface area (Å²) in [5.41, 5.74) is 1.26. The number of nitrogens with one attached hydrogen (secondary N) is 1. The zero-order valence-corrected chi connectivity index (χ0v) is 12.4. The van der Waals surface area contributed by atoms with E-state index >= 15 is 0 Å². The van der Waals surface area contributed by atoms with Crippen molar-refractivity contribution in [3.05, 3.63) is 59.1 Å². The molecule has 0 aliphatic heterocycles. The Morgan fingerprint density at radius 2 is 1.71 bits per heavy atom. The minimum absolute atomic E-state index is 0.181. The summed E-state index contributed by atoms with van der Waals surface area (Å²) in [6.45, 7) is 1.03. The predicted octanol–water partition coefficient (Wildman–Crippen LogP) is 3.62. The number of anilines is 1. The minimum Gasteiger partial charge on any atom is -0.491 e. The van der Waals surface area contributed by atoms with Gasteiger partial charge < -0.3 is 14.8 Å². The summed E-state index contributed by atoms with van der Waals surface area (Å²) in [6, 6.07) is 13.9. The maximum Gasteiger partial charge on any atom is 0.255 e. The number of rotatable bonds is 6. The molecule has 0 aliphatic rings. The molecule has 2 rings (SSSR count). The monoisotopic (exact) mass is 305 g/mol. The molecule has 110 valence electrons. The Kier molecular flexibility index (Phi) is 5.60. The van der Waals surface area contributed by atoms with Crippen LogP contribution < -0.4 is 10.1 Å². The summed E-state index contributed by atoms with van der Waals surface area (Å²) < 4.78 is 10.4. The number of carbonyl (C=O) groups is 1. The van der Waals surface area contributed by atoms with E-state index in [1.807, 2.05) is 0 Å². The Bertz CT molecular complexity index is 581. The van der Waals surface area contributed by atoms with Crippen LogP contribution in [-0.4, -0.2) is 26.2 Å². The first-order chi connectivity index (χ1) is 10.2. The van der Waals surface area contributed by atoms with Crippen molar-refractivity contribution in [2.75, 3.05) is 25.6 Å². The van der Waals surface area contributed by atoms with Gasteiger partial charge in [0.1, 0.15) is 12.4 Å². The molecule has 0 aliphatic carbocycles. The normalized spacial score (nSPS) is 10.2. The Hall–Kier alpha value is -2.04. The lowest BCUT2D eigenvalue weighted by Crippen LogP contribution is -2.11. The molecule has 0 spiro atoms. The molecule has 4 nitrogen and oxygen atoms in total. The average Bonchev–Trinajstić information content (AvgIpc) is 2.50. The van der Waals surface area contributed by atoms with Crippen molar-refractivity contribution in [2.45, 2.75) is 0 Å². The van der Waals surface area contributed by atoms with Gasteiger partial charge in [0.2, 0.25) is 0 Å². The van der Waals surface area contributed by atoms with Crippen molar-refractivity contribution in [2.24, 2.45) is 0 Å². The largest absolute Gasteiger partial charge is 0.491 e. The minimum atomic E-state index is -0.181. The van der Waals surface area contributed by atoms with E-state index < -0.39 is 0 Å². The van der Waals surface area contributed by atoms with Gasteiger partial charge in [0.25, 0.3) is 5.91 Å². The summed E-state index contributed by atoms with van der Waals surface area (Å²) in [4.78, 5) is 12.0. The fourth-order valence-corrected chi connectivity index (χ4v) is 1.81. The van der Waals surface area contributed by atoms with Gasteiger partial charge in [-0.2, -0.15) is 0 Å². The summed E-state index contributed by atoms with van der Waals surface area (Å²) in [6.07, 6.45) is 0. The lowest BCUT2D eigenvalue weighted by molar-refractivity contribution is 0.102. The Labute approximate surface area is 128 Å². The molecular formula is C16H16ClNO3. The molecule has 0 heterocycles. The van der Waals surface area contributed by atoms with E-state index in [4.69, 9.17) is 21.1 Å². The van der Waals surface area contributed by atoms with Gasteiger partial charge in [0.05, 0.1) is 6.61 Å². The maximum absolute atomic E-state index is 12.0. The topological polar surface area (TPSA) is 47.6 Å². The second kappa shape index (κ2) is 7.67.